The first-order valence-corrected chi connectivity index (χ1v) is 5.60. The summed E-state index contributed by atoms with van der Waals surface area (Å²) in [6.07, 6.45) is -2.68. The molecule has 0 saturated carbocycles. The van der Waals surface area contributed by atoms with E-state index in [0.717, 1.165) is 6.08 Å². The largest absolute Gasteiger partial charge is 0.502 e. The van der Waals surface area contributed by atoms with Crippen molar-refractivity contribution < 1.29 is 34.3 Å². The Morgan fingerprint density at radius 2 is 2.11 bits per heavy atom. The van der Waals surface area contributed by atoms with E-state index in [0.29, 0.717) is 0 Å². The van der Waals surface area contributed by atoms with Crippen LogP contribution >= 0.6 is 0 Å². The van der Waals surface area contributed by atoms with E-state index in [-0.39, 0.29) is 6.61 Å². The van der Waals surface area contributed by atoms with Crippen LogP contribution in [0, 0.1) is 0 Å². The molecule has 7 nitrogen and oxygen atoms in total. The van der Waals surface area contributed by atoms with Gasteiger partial charge >= 0.3 is 5.97 Å². The van der Waals surface area contributed by atoms with Crippen LogP contribution in [-0.2, 0) is 19.0 Å². The molecule has 102 valence electrons. The summed E-state index contributed by atoms with van der Waals surface area (Å²) >= 11 is 0. The number of esters is 1. The molecule has 0 aromatic carbocycles. The predicted octanol–water partition coefficient (Wildman–Crippen LogP) is -0.773. The highest BCUT2D eigenvalue weighted by Crippen LogP contribution is 2.32. The lowest BCUT2D eigenvalue weighted by atomic mass is 10.0. The van der Waals surface area contributed by atoms with Gasteiger partial charge in [-0.25, -0.2) is 4.79 Å². The number of rotatable bonds is 3. The van der Waals surface area contributed by atoms with E-state index in [1.165, 1.54) is 0 Å². The summed E-state index contributed by atoms with van der Waals surface area (Å²) in [5.41, 5.74) is 0. The second-order valence-corrected chi connectivity index (χ2v) is 4.73. The van der Waals surface area contributed by atoms with Gasteiger partial charge < -0.3 is 29.5 Å². The molecule has 18 heavy (non-hydrogen) atoms. The number of hydrogen-bond donors (Lipinski definition) is 3. The summed E-state index contributed by atoms with van der Waals surface area (Å²) in [5, 5.41) is 28.4. The molecule has 0 unspecified atom stereocenters. The standard InChI is InChI=1S/C11H16O7/c1-11(2)17-7(4-12)9(18-11)8(14)6-3-5(13)10(15)16-6/h3,6-9,12-14H,4H2,1-2H3/t6-,7-,8-,9-/m1/s1. The number of aliphatic hydroxyl groups excluding tert-OH is 3. The Labute approximate surface area is 104 Å². The fourth-order valence-electron chi connectivity index (χ4n) is 2.09. The summed E-state index contributed by atoms with van der Waals surface area (Å²) in [7, 11) is 0. The Balaban J connectivity index is 2.09. The topological polar surface area (TPSA) is 105 Å². The van der Waals surface area contributed by atoms with Crippen molar-refractivity contribution >= 4 is 5.97 Å². The lowest BCUT2D eigenvalue weighted by molar-refractivity contribution is -0.166. The van der Waals surface area contributed by atoms with Gasteiger partial charge in [-0.2, -0.15) is 0 Å². The second kappa shape index (κ2) is 4.51. The van der Waals surface area contributed by atoms with Crippen molar-refractivity contribution in [2.45, 2.75) is 44.1 Å². The van der Waals surface area contributed by atoms with Crippen LogP contribution < -0.4 is 0 Å². The van der Waals surface area contributed by atoms with Gasteiger partial charge in [0, 0.05) is 6.08 Å². The first-order valence-electron chi connectivity index (χ1n) is 5.60. The number of carbonyl (C=O) groups excluding carboxylic acids is 1. The highest BCUT2D eigenvalue weighted by Gasteiger charge is 2.48. The number of carbonyl (C=O) groups is 1. The van der Waals surface area contributed by atoms with Gasteiger partial charge in [0.2, 0.25) is 5.76 Å². The zero-order valence-corrected chi connectivity index (χ0v) is 10.1. The van der Waals surface area contributed by atoms with Crippen LogP contribution in [0.2, 0.25) is 0 Å². The van der Waals surface area contributed by atoms with E-state index in [4.69, 9.17) is 19.3 Å². The van der Waals surface area contributed by atoms with Crippen molar-refractivity contribution in [3.05, 3.63) is 11.8 Å². The molecule has 0 aromatic heterocycles. The first kappa shape index (κ1) is 13.3. The Kier molecular flexibility index (Phi) is 3.33. The number of ether oxygens (including phenoxy) is 3. The maximum atomic E-state index is 11.0. The van der Waals surface area contributed by atoms with Gasteiger partial charge in [-0.3, -0.25) is 0 Å². The quantitative estimate of drug-likeness (QED) is 0.572. The van der Waals surface area contributed by atoms with Gasteiger partial charge in [0.15, 0.2) is 11.9 Å². The SMILES string of the molecule is CC1(C)O[C@@H]([C@H](O)[C@H]2C=C(O)C(=O)O2)[C@@H](CO)O1. The molecule has 0 amide bonds. The second-order valence-electron chi connectivity index (χ2n) is 4.73. The van der Waals surface area contributed by atoms with E-state index in [1.807, 2.05) is 0 Å². The monoisotopic (exact) mass is 260 g/mol. The highest BCUT2D eigenvalue weighted by atomic mass is 16.8. The van der Waals surface area contributed by atoms with Crippen LogP contribution in [0.1, 0.15) is 13.8 Å². The third kappa shape index (κ3) is 2.35. The van der Waals surface area contributed by atoms with E-state index < -0.39 is 41.9 Å². The molecule has 0 bridgehead atoms. The molecule has 0 aromatic rings. The van der Waals surface area contributed by atoms with Crippen LogP contribution in [0.3, 0.4) is 0 Å². The molecule has 0 radical (unpaired) electrons. The van der Waals surface area contributed by atoms with Gasteiger partial charge in [-0.1, -0.05) is 0 Å². The average Bonchev–Trinajstić information content (AvgIpc) is 2.78. The van der Waals surface area contributed by atoms with E-state index >= 15 is 0 Å². The lowest BCUT2D eigenvalue weighted by Crippen LogP contribution is -2.44. The first-order chi connectivity index (χ1) is 8.34. The number of hydrogen-bond acceptors (Lipinski definition) is 7. The fraction of sp³-hybridized carbons (Fsp3) is 0.727. The smallest absolute Gasteiger partial charge is 0.373 e. The summed E-state index contributed by atoms with van der Waals surface area (Å²) in [4.78, 5) is 11.0. The molecule has 1 fully saturated rings. The molecule has 1 saturated heterocycles. The molecule has 4 atom stereocenters. The predicted molar refractivity (Wildman–Crippen MR) is 57.5 cm³/mol. The molecule has 2 rings (SSSR count). The van der Waals surface area contributed by atoms with Crippen molar-refractivity contribution in [1.82, 2.24) is 0 Å². The van der Waals surface area contributed by atoms with E-state index in [9.17, 15) is 15.0 Å². The average molecular weight is 260 g/mol. The maximum Gasteiger partial charge on any atom is 0.373 e. The summed E-state index contributed by atoms with van der Waals surface area (Å²) in [6, 6.07) is 0. The van der Waals surface area contributed by atoms with Crippen LogP contribution in [0.5, 0.6) is 0 Å². The number of aliphatic hydroxyl groups is 3. The zero-order chi connectivity index (χ0) is 13.5. The lowest BCUT2D eigenvalue weighted by Gasteiger charge is -2.24. The Hall–Kier alpha value is -1.15. The summed E-state index contributed by atoms with van der Waals surface area (Å²) < 4.78 is 15.6. The van der Waals surface area contributed by atoms with Crippen molar-refractivity contribution in [1.29, 1.82) is 0 Å². The maximum absolute atomic E-state index is 11.0. The van der Waals surface area contributed by atoms with Crippen molar-refractivity contribution in [3.63, 3.8) is 0 Å². The molecule has 2 aliphatic heterocycles. The molecule has 2 heterocycles. The third-order valence-electron chi connectivity index (χ3n) is 2.85. The number of cyclic esters (lactones) is 1. The third-order valence-corrected chi connectivity index (χ3v) is 2.85. The highest BCUT2D eigenvalue weighted by molar-refractivity contribution is 5.88. The van der Waals surface area contributed by atoms with Gasteiger partial charge in [0.1, 0.15) is 18.3 Å². The fourth-order valence-corrected chi connectivity index (χ4v) is 2.09. The Morgan fingerprint density at radius 1 is 1.44 bits per heavy atom. The molecule has 7 heteroatoms. The molecule has 0 aliphatic carbocycles. The zero-order valence-electron chi connectivity index (χ0n) is 10.1. The Bertz CT molecular complexity index is 376. The van der Waals surface area contributed by atoms with Crippen molar-refractivity contribution in [2.75, 3.05) is 6.61 Å². The van der Waals surface area contributed by atoms with Crippen LogP contribution in [0.25, 0.3) is 0 Å². The minimum absolute atomic E-state index is 0.332. The van der Waals surface area contributed by atoms with Crippen LogP contribution in [0.4, 0.5) is 0 Å². The van der Waals surface area contributed by atoms with E-state index in [1.54, 1.807) is 13.8 Å². The minimum atomic E-state index is -1.22. The van der Waals surface area contributed by atoms with Gasteiger partial charge in [-0.15, -0.1) is 0 Å². The Morgan fingerprint density at radius 3 is 2.61 bits per heavy atom. The molecular formula is C11H16O7. The van der Waals surface area contributed by atoms with Gasteiger partial charge in [-0.05, 0) is 13.8 Å². The minimum Gasteiger partial charge on any atom is -0.502 e. The van der Waals surface area contributed by atoms with E-state index in [2.05, 4.69) is 0 Å². The van der Waals surface area contributed by atoms with Gasteiger partial charge in [0.25, 0.3) is 0 Å². The van der Waals surface area contributed by atoms with Crippen LogP contribution in [-0.4, -0.2) is 58.1 Å². The summed E-state index contributed by atoms with van der Waals surface area (Å²) in [6.45, 7) is 2.97. The molecular weight excluding hydrogens is 244 g/mol. The molecule has 3 N–H and O–H groups in total. The molecule has 0 spiro atoms. The van der Waals surface area contributed by atoms with Gasteiger partial charge in [0.05, 0.1) is 6.61 Å². The van der Waals surface area contributed by atoms with Crippen molar-refractivity contribution in [3.8, 4) is 0 Å². The molecule has 2 aliphatic rings. The summed E-state index contributed by atoms with van der Waals surface area (Å²) in [5.74, 6) is -2.37. The van der Waals surface area contributed by atoms with Crippen molar-refractivity contribution in [2.24, 2.45) is 0 Å². The van der Waals surface area contributed by atoms with Crippen LogP contribution in [0.15, 0.2) is 11.8 Å². The normalized spacial score (nSPS) is 36.3.